The minimum atomic E-state index is 0.129. The van der Waals surface area contributed by atoms with E-state index in [4.69, 9.17) is 4.98 Å². The zero-order valence-electron chi connectivity index (χ0n) is 21.3. The van der Waals surface area contributed by atoms with E-state index < -0.39 is 0 Å². The molecule has 190 valence electrons. The lowest BCUT2D eigenvalue weighted by molar-refractivity contribution is -0.138. The Morgan fingerprint density at radius 3 is 2.49 bits per heavy atom. The molecule has 3 aromatic heterocycles. The number of aromatic nitrogens is 5. The lowest BCUT2D eigenvalue weighted by Gasteiger charge is -2.38. The number of amides is 1. The molecule has 2 aliphatic heterocycles. The van der Waals surface area contributed by atoms with Crippen LogP contribution in [0.2, 0.25) is 0 Å². The van der Waals surface area contributed by atoms with Crippen LogP contribution in [0.3, 0.4) is 0 Å². The Morgan fingerprint density at radius 2 is 1.76 bits per heavy atom. The zero-order chi connectivity index (χ0) is 25.2. The van der Waals surface area contributed by atoms with Crippen LogP contribution in [0.5, 0.6) is 0 Å². The normalized spacial score (nSPS) is 17.9. The molecule has 8 heteroatoms. The second kappa shape index (κ2) is 10.4. The molecule has 6 rings (SSSR count). The summed E-state index contributed by atoms with van der Waals surface area (Å²) in [4.78, 5) is 27.6. The number of para-hydroxylation sites is 1. The summed E-state index contributed by atoms with van der Waals surface area (Å²) in [5.74, 6) is 1.38. The van der Waals surface area contributed by atoms with Crippen LogP contribution >= 0.6 is 0 Å². The lowest BCUT2D eigenvalue weighted by Crippen LogP contribution is -2.45. The molecule has 2 saturated heterocycles. The minimum Gasteiger partial charge on any atom is -0.342 e. The monoisotopic (exact) mass is 495 g/mol. The van der Waals surface area contributed by atoms with Gasteiger partial charge in [0, 0.05) is 44.0 Å². The number of nitrogens with zero attached hydrogens (tertiary/aromatic N) is 7. The van der Waals surface area contributed by atoms with Crippen LogP contribution in [0.1, 0.15) is 42.9 Å². The van der Waals surface area contributed by atoms with Crippen LogP contribution < -0.4 is 0 Å². The Balaban J connectivity index is 1.12. The summed E-state index contributed by atoms with van der Waals surface area (Å²) >= 11 is 0. The highest BCUT2D eigenvalue weighted by atomic mass is 16.2. The second-order valence-corrected chi connectivity index (χ2v) is 10.3. The summed E-state index contributed by atoms with van der Waals surface area (Å²) in [6.07, 6.45) is 9.09. The lowest BCUT2D eigenvalue weighted by atomic mass is 9.93. The number of fused-ring (bicyclic) bond motifs is 1. The Morgan fingerprint density at radius 1 is 0.919 bits per heavy atom. The summed E-state index contributed by atoms with van der Waals surface area (Å²) in [7, 11) is 0. The van der Waals surface area contributed by atoms with E-state index in [1.807, 2.05) is 36.7 Å². The molecule has 0 radical (unpaired) electrons. The first kappa shape index (κ1) is 23.7. The fraction of sp³-hybridized carbons (Fsp3) is 0.414. The molecule has 0 spiro atoms. The van der Waals surface area contributed by atoms with Crippen molar-refractivity contribution in [1.82, 2.24) is 34.5 Å². The van der Waals surface area contributed by atoms with Crippen molar-refractivity contribution in [2.75, 3.05) is 26.2 Å². The molecular weight excluding hydrogens is 462 g/mol. The number of imidazole rings is 1. The molecule has 0 unspecified atom stereocenters. The van der Waals surface area contributed by atoms with E-state index in [-0.39, 0.29) is 5.92 Å². The fourth-order valence-electron chi connectivity index (χ4n) is 5.91. The van der Waals surface area contributed by atoms with Gasteiger partial charge < -0.3 is 9.47 Å². The number of likely N-dealkylation sites (tertiary alicyclic amines) is 2. The molecule has 0 saturated carbocycles. The van der Waals surface area contributed by atoms with Crippen molar-refractivity contribution in [2.45, 2.75) is 45.2 Å². The zero-order valence-corrected chi connectivity index (χ0v) is 21.3. The standard InChI is InChI=1S/C29H33N7O/c1-21-5-4-7-26-27(21)33-28(25-6-2-3-13-30-25)36(26)24-11-17-35(18-12-24)29(37)23-9-15-34(16-10-23)20-22-8-14-31-32-19-22/h2-8,13-14,19,23-24H,9-12,15-18,20H2,1H3. The maximum Gasteiger partial charge on any atom is 0.225 e. The van der Waals surface area contributed by atoms with Crippen LogP contribution in [0.25, 0.3) is 22.6 Å². The third-order valence-electron chi connectivity index (χ3n) is 7.95. The minimum absolute atomic E-state index is 0.129. The van der Waals surface area contributed by atoms with Crippen LogP contribution in [-0.2, 0) is 11.3 Å². The molecule has 0 bridgehead atoms. The first-order valence-electron chi connectivity index (χ1n) is 13.3. The number of carbonyl (C=O) groups excluding carboxylic acids is 1. The van der Waals surface area contributed by atoms with Crippen molar-refractivity contribution in [2.24, 2.45) is 5.92 Å². The average Bonchev–Trinajstić information content (AvgIpc) is 3.35. The number of hydrogen-bond donors (Lipinski definition) is 0. The molecule has 2 fully saturated rings. The number of hydrogen-bond acceptors (Lipinski definition) is 6. The summed E-state index contributed by atoms with van der Waals surface area (Å²) in [6, 6.07) is 14.7. The summed E-state index contributed by atoms with van der Waals surface area (Å²) in [6.45, 7) is 6.46. The molecule has 1 amide bonds. The van der Waals surface area contributed by atoms with Crippen LogP contribution in [-0.4, -0.2) is 66.6 Å². The molecule has 0 N–H and O–H groups in total. The first-order chi connectivity index (χ1) is 18.2. The van der Waals surface area contributed by atoms with Crippen molar-refractivity contribution in [3.8, 4) is 11.5 Å². The highest BCUT2D eigenvalue weighted by Crippen LogP contribution is 2.34. The Labute approximate surface area is 217 Å². The van der Waals surface area contributed by atoms with E-state index in [1.54, 1.807) is 6.20 Å². The second-order valence-electron chi connectivity index (χ2n) is 10.3. The predicted molar refractivity (Wildman–Crippen MR) is 143 cm³/mol. The molecular formula is C29H33N7O. The molecule has 1 aromatic carbocycles. The van der Waals surface area contributed by atoms with E-state index >= 15 is 0 Å². The van der Waals surface area contributed by atoms with Gasteiger partial charge in [-0.25, -0.2) is 4.98 Å². The van der Waals surface area contributed by atoms with Crippen molar-refractivity contribution < 1.29 is 4.79 Å². The Kier molecular flexibility index (Phi) is 6.66. The SMILES string of the molecule is Cc1cccc2c1nc(-c1ccccn1)n2C1CCN(C(=O)C2CCN(Cc3ccnnc3)CC2)CC1. The van der Waals surface area contributed by atoms with Gasteiger partial charge in [0.25, 0.3) is 0 Å². The maximum absolute atomic E-state index is 13.4. The van der Waals surface area contributed by atoms with Crippen molar-refractivity contribution in [3.05, 3.63) is 72.2 Å². The average molecular weight is 496 g/mol. The number of rotatable bonds is 5. The molecule has 2 aliphatic rings. The highest BCUT2D eigenvalue weighted by molar-refractivity contribution is 5.83. The molecule has 4 aromatic rings. The summed E-state index contributed by atoms with van der Waals surface area (Å²) in [5, 5.41) is 7.84. The molecule has 0 aliphatic carbocycles. The van der Waals surface area contributed by atoms with Gasteiger partial charge in [0.1, 0.15) is 5.69 Å². The van der Waals surface area contributed by atoms with E-state index in [0.717, 1.165) is 81.0 Å². The Bertz CT molecular complexity index is 1360. The first-order valence-corrected chi connectivity index (χ1v) is 13.3. The van der Waals surface area contributed by atoms with E-state index in [2.05, 4.69) is 54.7 Å². The van der Waals surface area contributed by atoms with Gasteiger partial charge in [-0.1, -0.05) is 18.2 Å². The molecule has 0 atom stereocenters. The number of pyridine rings is 1. The fourth-order valence-corrected chi connectivity index (χ4v) is 5.91. The number of piperidine rings is 2. The van der Waals surface area contributed by atoms with Crippen LogP contribution in [0.4, 0.5) is 0 Å². The third-order valence-corrected chi connectivity index (χ3v) is 7.95. The van der Waals surface area contributed by atoms with Crippen LogP contribution in [0.15, 0.2) is 61.1 Å². The topological polar surface area (TPSA) is 80.0 Å². The van der Waals surface area contributed by atoms with Gasteiger partial charge in [0.2, 0.25) is 5.91 Å². The van der Waals surface area contributed by atoms with Gasteiger partial charge in [-0.15, -0.1) is 0 Å². The largest absolute Gasteiger partial charge is 0.342 e. The quantitative estimate of drug-likeness (QED) is 0.411. The van der Waals surface area contributed by atoms with Gasteiger partial charge >= 0.3 is 0 Å². The maximum atomic E-state index is 13.4. The smallest absolute Gasteiger partial charge is 0.225 e. The number of benzene rings is 1. The van der Waals surface area contributed by atoms with Crippen LogP contribution in [0, 0.1) is 12.8 Å². The van der Waals surface area contributed by atoms with Gasteiger partial charge in [-0.2, -0.15) is 10.2 Å². The molecule has 37 heavy (non-hydrogen) atoms. The van der Waals surface area contributed by atoms with Gasteiger partial charge in [-0.3, -0.25) is 14.7 Å². The molecule has 5 heterocycles. The van der Waals surface area contributed by atoms with Gasteiger partial charge in [-0.05, 0) is 81.1 Å². The van der Waals surface area contributed by atoms with E-state index in [9.17, 15) is 4.79 Å². The van der Waals surface area contributed by atoms with Crippen molar-refractivity contribution in [1.29, 1.82) is 0 Å². The predicted octanol–water partition coefficient (Wildman–Crippen LogP) is 4.27. The highest BCUT2D eigenvalue weighted by Gasteiger charge is 2.32. The van der Waals surface area contributed by atoms with Gasteiger partial charge in [0.15, 0.2) is 5.82 Å². The van der Waals surface area contributed by atoms with E-state index in [0.29, 0.717) is 11.9 Å². The van der Waals surface area contributed by atoms with Crippen molar-refractivity contribution >= 4 is 16.9 Å². The number of carbonyl (C=O) groups is 1. The number of aryl methyl sites for hydroxylation is 1. The Hall–Kier alpha value is -3.65. The molecule has 8 nitrogen and oxygen atoms in total. The van der Waals surface area contributed by atoms with Gasteiger partial charge in [0.05, 0.1) is 17.2 Å². The van der Waals surface area contributed by atoms with Crippen molar-refractivity contribution in [3.63, 3.8) is 0 Å². The van der Waals surface area contributed by atoms with E-state index in [1.165, 1.54) is 11.1 Å². The summed E-state index contributed by atoms with van der Waals surface area (Å²) < 4.78 is 2.37. The third kappa shape index (κ3) is 4.85. The summed E-state index contributed by atoms with van der Waals surface area (Å²) in [5.41, 5.74) is 5.44.